The van der Waals surface area contributed by atoms with Crippen LogP contribution in [0.1, 0.15) is 42.4 Å². The molecule has 2 heterocycles. The van der Waals surface area contributed by atoms with Crippen LogP contribution in [0.3, 0.4) is 0 Å². The number of aromatic amines is 1. The summed E-state index contributed by atoms with van der Waals surface area (Å²) in [5.41, 5.74) is 7.28. The van der Waals surface area contributed by atoms with Crippen LogP contribution in [-0.2, 0) is 4.79 Å². The number of carbonyl (C=O) groups excluding carboxylic acids is 2. The van der Waals surface area contributed by atoms with Crippen molar-refractivity contribution in [1.82, 2.24) is 20.4 Å². The van der Waals surface area contributed by atoms with E-state index in [-0.39, 0.29) is 30.0 Å². The molecule has 2 amide bonds. The van der Waals surface area contributed by atoms with Gasteiger partial charge in [0.15, 0.2) is 5.69 Å². The number of hydrogen-bond acceptors (Lipinski definition) is 4. The van der Waals surface area contributed by atoms with E-state index in [4.69, 9.17) is 5.73 Å². The van der Waals surface area contributed by atoms with Gasteiger partial charge in [-0.3, -0.25) is 14.7 Å². The van der Waals surface area contributed by atoms with E-state index < -0.39 is 0 Å². The van der Waals surface area contributed by atoms with Crippen LogP contribution in [0, 0.1) is 0 Å². The molecule has 1 aromatic heterocycles. The molecule has 1 fully saturated rings. The lowest BCUT2D eigenvalue weighted by molar-refractivity contribution is -0.121. The van der Waals surface area contributed by atoms with Gasteiger partial charge in [-0.25, -0.2) is 0 Å². The van der Waals surface area contributed by atoms with Crippen molar-refractivity contribution in [1.29, 1.82) is 0 Å². The minimum atomic E-state index is -0.294. The molecule has 0 radical (unpaired) electrons. The fraction of sp³-hybridized carbons (Fsp3) is 0.583. The van der Waals surface area contributed by atoms with E-state index in [0.29, 0.717) is 18.8 Å². The van der Waals surface area contributed by atoms with Gasteiger partial charge in [-0.05, 0) is 12.3 Å². The molecule has 7 heteroatoms. The molecule has 1 aliphatic heterocycles. The fourth-order valence-electron chi connectivity index (χ4n) is 2.10. The minimum absolute atomic E-state index is 0.0577. The molecule has 1 aliphatic rings. The number of hydrogen-bond donors (Lipinski definition) is 3. The predicted octanol–water partition coefficient (Wildman–Crippen LogP) is 0.0774. The van der Waals surface area contributed by atoms with Crippen LogP contribution < -0.4 is 11.1 Å². The van der Waals surface area contributed by atoms with Crippen LogP contribution in [0.15, 0.2) is 0 Å². The van der Waals surface area contributed by atoms with Crippen LogP contribution in [0.2, 0.25) is 0 Å². The first-order valence-electron chi connectivity index (χ1n) is 6.40. The zero-order valence-electron chi connectivity index (χ0n) is 11.2. The Morgan fingerprint density at radius 1 is 1.47 bits per heavy atom. The highest BCUT2D eigenvalue weighted by molar-refractivity contribution is 5.99. The second-order valence-electron chi connectivity index (χ2n) is 4.98. The van der Waals surface area contributed by atoms with Gasteiger partial charge in [-0.2, -0.15) is 5.10 Å². The van der Waals surface area contributed by atoms with Crippen LogP contribution in [-0.4, -0.2) is 46.5 Å². The predicted molar refractivity (Wildman–Crippen MR) is 70.6 cm³/mol. The topological polar surface area (TPSA) is 104 Å². The molecule has 0 bridgehead atoms. The van der Waals surface area contributed by atoms with Crippen molar-refractivity contribution in [3.63, 3.8) is 0 Å². The third kappa shape index (κ3) is 2.69. The Hall–Kier alpha value is -2.05. The maximum absolute atomic E-state index is 12.3. The summed E-state index contributed by atoms with van der Waals surface area (Å²) in [7, 11) is 0. The van der Waals surface area contributed by atoms with Crippen molar-refractivity contribution in [2.24, 2.45) is 0 Å². The zero-order valence-corrected chi connectivity index (χ0v) is 11.2. The van der Waals surface area contributed by atoms with Crippen molar-refractivity contribution >= 4 is 17.5 Å². The third-order valence-corrected chi connectivity index (χ3v) is 3.16. The smallest absolute Gasteiger partial charge is 0.276 e. The van der Waals surface area contributed by atoms with Crippen LogP contribution >= 0.6 is 0 Å². The number of aromatic nitrogens is 2. The van der Waals surface area contributed by atoms with E-state index >= 15 is 0 Å². The minimum Gasteiger partial charge on any atom is -0.395 e. The molecule has 1 saturated heterocycles. The Labute approximate surface area is 111 Å². The Morgan fingerprint density at radius 3 is 2.84 bits per heavy atom. The summed E-state index contributed by atoms with van der Waals surface area (Å²) >= 11 is 0. The zero-order chi connectivity index (χ0) is 14.0. The number of nitrogens with zero attached hydrogens (tertiary/aromatic N) is 2. The highest BCUT2D eigenvalue weighted by Crippen LogP contribution is 2.23. The monoisotopic (exact) mass is 265 g/mol. The molecule has 0 aliphatic carbocycles. The average molecular weight is 265 g/mol. The van der Waals surface area contributed by atoms with Crippen molar-refractivity contribution in [3.05, 3.63) is 11.4 Å². The number of rotatable bonds is 2. The molecule has 2 rings (SSSR count). The lowest BCUT2D eigenvalue weighted by Crippen LogP contribution is -2.37. The van der Waals surface area contributed by atoms with Gasteiger partial charge in [-0.15, -0.1) is 0 Å². The molecule has 0 atom stereocenters. The number of nitrogens with one attached hydrogen (secondary N) is 2. The van der Waals surface area contributed by atoms with Gasteiger partial charge in [0.1, 0.15) is 0 Å². The van der Waals surface area contributed by atoms with Gasteiger partial charge in [0.2, 0.25) is 5.91 Å². The highest BCUT2D eigenvalue weighted by atomic mass is 16.2. The van der Waals surface area contributed by atoms with Crippen molar-refractivity contribution < 1.29 is 9.59 Å². The normalized spacial score (nSPS) is 16.4. The molecule has 0 spiro atoms. The maximum atomic E-state index is 12.3. The van der Waals surface area contributed by atoms with Gasteiger partial charge in [-0.1, -0.05) is 13.8 Å². The number of nitrogens with two attached hydrogens (primary N) is 1. The van der Waals surface area contributed by atoms with E-state index in [2.05, 4.69) is 15.5 Å². The number of amides is 2. The number of H-pyrrole nitrogens is 1. The molecule has 0 aromatic carbocycles. The molecular formula is C12H19N5O2. The summed E-state index contributed by atoms with van der Waals surface area (Å²) in [6.45, 7) is 5.12. The van der Waals surface area contributed by atoms with Gasteiger partial charge in [0.05, 0.1) is 17.9 Å². The maximum Gasteiger partial charge on any atom is 0.276 e. The molecule has 104 valence electrons. The van der Waals surface area contributed by atoms with Gasteiger partial charge < -0.3 is 16.0 Å². The van der Waals surface area contributed by atoms with Crippen molar-refractivity contribution in [3.8, 4) is 0 Å². The molecule has 1 aromatic rings. The molecule has 7 nitrogen and oxygen atoms in total. The first kappa shape index (κ1) is 13.4. The summed E-state index contributed by atoms with van der Waals surface area (Å²) in [6, 6.07) is 0. The third-order valence-electron chi connectivity index (χ3n) is 3.16. The van der Waals surface area contributed by atoms with Crippen LogP contribution in [0.25, 0.3) is 0 Å². The summed E-state index contributed by atoms with van der Waals surface area (Å²) in [6.07, 6.45) is 0.735. The van der Waals surface area contributed by atoms with Crippen LogP contribution in [0.4, 0.5) is 5.69 Å². The Bertz CT molecular complexity index is 494. The number of anilines is 1. The van der Waals surface area contributed by atoms with E-state index in [0.717, 1.165) is 12.1 Å². The average Bonchev–Trinajstić information content (AvgIpc) is 2.60. The summed E-state index contributed by atoms with van der Waals surface area (Å²) in [5, 5.41) is 9.52. The van der Waals surface area contributed by atoms with Crippen molar-refractivity contribution in [2.45, 2.75) is 26.2 Å². The first-order valence-corrected chi connectivity index (χ1v) is 6.40. The first-order chi connectivity index (χ1) is 9.00. The van der Waals surface area contributed by atoms with Gasteiger partial charge in [0.25, 0.3) is 5.91 Å². The van der Waals surface area contributed by atoms with Crippen molar-refractivity contribution in [2.75, 3.05) is 25.4 Å². The van der Waals surface area contributed by atoms with E-state index in [1.54, 1.807) is 0 Å². The Kier molecular flexibility index (Phi) is 3.73. The van der Waals surface area contributed by atoms with Crippen LogP contribution in [0.5, 0.6) is 0 Å². The fourth-order valence-corrected chi connectivity index (χ4v) is 2.10. The SMILES string of the molecule is CC(C)c1[nH]nc(C(=O)N2CCCNC(=O)C2)c1N. The lowest BCUT2D eigenvalue weighted by atomic mass is 10.1. The summed E-state index contributed by atoms with van der Waals surface area (Å²) in [4.78, 5) is 25.3. The largest absolute Gasteiger partial charge is 0.395 e. The highest BCUT2D eigenvalue weighted by Gasteiger charge is 2.26. The molecule has 0 saturated carbocycles. The quantitative estimate of drug-likeness (QED) is 0.704. The number of carbonyl (C=O) groups is 2. The standard InChI is InChI=1S/C12H19N5O2/c1-7(2)10-9(13)11(16-15-10)12(19)17-5-3-4-14-8(18)6-17/h7H,3-6,13H2,1-2H3,(H,14,18)(H,15,16). The second-order valence-corrected chi connectivity index (χ2v) is 4.98. The van der Waals surface area contributed by atoms with E-state index in [9.17, 15) is 9.59 Å². The second kappa shape index (κ2) is 5.29. The summed E-state index contributed by atoms with van der Waals surface area (Å²) in [5.74, 6) is -0.275. The molecule has 4 N–H and O–H groups in total. The number of nitrogen functional groups attached to an aromatic ring is 1. The molecule has 19 heavy (non-hydrogen) atoms. The van der Waals surface area contributed by atoms with E-state index in [1.807, 2.05) is 13.8 Å². The molecule has 0 unspecified atom stereocenters. The van der Waals surface area contributed by atoms with Gasteiger partial charge >= 0.3 is 0 Å². The molecular weight excluding hydrogens is 246 g/mol. The van der Waals surface area contributed by atoms with Gasteiger partial charge in [0, 0.05) is 13.1 Å². The summed E-state index contributed by atoms with van der Waals surface area (Å²) < 4.78 is 0. The Morgan fingerprint density at radius 2 is 2.21 bits per heavy atom. The lowest BCUT2D eigenvalue weighted by Gasteiger charge is -2.17. The Balaban J connectivity index is 2.21. The van der Waals surface area contributed by atoms with E-state index in [1.165, 1.54) is 4.90 Å².